The molecule has 0 radical (unpaired) electrons. The zero-order valence-corrected chi connectivity index (χ0v) is 23.7. The number of rotatable bonds is 9. The van der Waals surface area contributed by atoms with Crippen LogP contribution in [0.4, 0.5) is 11.6 Å². The molecular formula is C29H32ClN9O2. The maximum Gasteiger partial charge on any atom is 0.289 e. The molecule has 2 atom stereocenters. The Morgan fingerprint density at radius 1 is 1.10 bits per heavy atom. The highest BCUT2D eigenvalue weighted by molar-refractivity contribution is 6.33. The number of anilines is 2. The average molecular weight is 574 g/mol. The molecule has 1 aliphatic carbocycles. The van der Waals surface area contributed by atoms with Crippen LogP contribution in [-0.4, -0.2) is 74.4 Å². The number of halogens is 1. The normalized spacial score (nSPS) is 17.2. The summed E-state index contributed by atoms with van der Waals surface area (Å²) >= 11 is 6.48. The first-order chi connectivity index (χ1) is 19.9. The second-order valence-corrected chi connectivity index (χ2v) is 10.7. The van der Waals surface area contributed by atoms with Gasteiger partial charge in [-0.3, -0.25) is 9.59 Å². The van der Waals surface area contributed by atoms with Crippen molar-refractivity contribution in [3.8, 4) is 11.3 Å². The molecule has 1 fully saturated rings. The maximum atomic E-state index is 12.8. The summed E-state index contributed by atoms with van der Waals surface area (Å²) in [4.78, 5) is 47.4. The van der Waals surface area contributed by atoms with Crippen LogP contribution in [0.15, 0.2) is 61.2 Å². The molecule has 5 rings (SSSR count). The summed E-state index contributed by atoms with van der Waals surface area (Å²) in [6.07, 6.45) is 13.0. The number of carbonyl (C=O) groups is 2. The Balaban J connectivity index is 1.17. The second kappa shape index (κ2) is 12.9. The van der Waals surface area contributed by atoms with E-state index in [0.29, 0.717) is 35.3 Å². The minimum atomic E-state index is -0.358. The number of likely N-dealkylation sites (N-methyl/N-ethyl adjacent to an activating group) is 1. The van der Waals surface area contributed by atoms with Crippen molar-refractivity contribution in [2.45, 2.75) is 37.8 Å². The molecule has 1 aliphatic rings. The fourth-order valence-electron chi connectivity index (χ4n) is 4.84. The van der Waals surface area contributed by atoms with E-state index in [1.807, 2.05) is 49.5 Å². The number of hydrogen-bond donors (Lipinski definition) is 4. The minimum Gasteiger partial charge on any atom is -0.360 e. The Bertz CT molecular complexity index is 1550. The molecule has 3 heterocycles. The molecule has 212 valence electrons. The molecule has 41 heavy (non-hydrogen) atoms. The molecule has 0 spiro atoms. The van der Waals surface area contributed by atoms with E-state index in [1.165, 1.54) is 18.5 Å². The summed E-state index contributed by atoms with van der Waals surface area (Å²) in [5.41, 5.74) is 2.99. The lowest BCUT2D eigenvalue weighted by Gasteiger charge is -2.30. The topological polar surface area (TPSA) is 141 Å². The number of benzene rings is 1. The molecule has 1 saturated carbocycles. The number of hydrogen-bond acceptors (Lipinski definition) is 8. The molecule has 2 amide bonds. The second-order valence-electron chi connectivity index (χ2n) is 10.3. The van der Waals surface area contributed by atoms with Gasteiger partial charge < -0.3 is 25.8 Å². The lowest BCUT2D eigenvalue weighted by atomic mass is 9.91. The van der Waals surface area contributed by atoms with Crippen LogP contribution in [0.25, 0.3) is 22.2 Å². The summed E-state index contributed by atoms with van der Waals surface area (Å²) < 4.78 is 0. The van der Waals surface area contributed by atoms with Crippen LogP contribution in [0.2, 0.25) is 5.02 Å². The van der Waals surface area contributed by atoms with Crippen molar-refractivity contribution in [1.82, 2.24) is 35.1 Å². The third-order valence-electron chi connectivity index (χ3n) is 6.79. The molecule has 0 unspecified atom stereocenters. The van der Waals surface area contributed by atoms with Gasteiger partial charge in [0, 0.05) is 47.4 Å². The highest BCUT2D eigenvalue weighted by atomic mass is 35.5. The Morgan fingerprint density at radius 3 is 2.68 bits per heavy atom. The summed E-state index contributed by atoms with van der Waals surface area (Å²) in [5.74, 6) is -0.106. The van der Waals surface area contributed by atoms with Gasteiger partial charge in [0.2, 0.25) is 17.7 Å². The van der Waals surface area contributed by atoms with Gasteiger partial charge in [0.15, 0.2) is 0 Å². The van der Waals surface area contributed by atoms with E-state index in [4.69, 9.17) is 16.6 Å². The van der Waals surface area contributed by atoms with Gasteiger partial charge >= 0.3 is 0 Å². The minimum absolute atomic E-state index is 0.0469. The highest BCUT2D eigenvalue weighted by Crippen LogP contribution is 2.32. The first-order valence-electron chi connectivity index (χ1n) is 13.5. The van der Waals surface area contributed by atoms with Gasteiger partial charge in [-0.15, -0.1) is 0 Å². The van der Waals surface area contributed by atoms with E-state index < -0.39 is 0 Å². The third kappa shape index (κ3) is 7.24. The summed E-state index contributed by atoms with van der Waals surface area (Å²) in [5, 5.41) is 10.7. The maximum absolute atomic E-state index is 12.8. The van der Waals surface area contributed by atoms with E-state index in [0.717, 1.165) is 35.7 Å². The van der Waals surface area contributed by atoms with Crippen molar-refractivity contribution >= 4 is 46.0 Å². The Morgan fingerprint density at radius 2 is 1.88 bits per heavy atom. The number of nitrogens with one attached hydrogen (secondary N) is 4. The Hall–Kier alpha value is -4.35. The number of H-pyrrole nitrogens is 1. The average Bonchev–Trinajstić information content (AvgIpc) is 3.38. The molecule has 0 bridgehead atoms. The van der Waals surface area contributed by atoms with Crippen molar-refractivity contribution in [1.29, 1.82) is 0 Å². The van der Waals surface area contributed by atoms with Crippen LogP contribution < -0.4 is 16.0 Å². The number of fused-ring (bicyclic) bond motifs is 1. The summed E-state index contributed by atoms with van der Waals surface area (Å²) in [6.45, 7) is 0.652. The lowest BCUT2D eigenvalue weighted by molar-refractivity contribution is -0.111. The van der Waals surface area contributed by atoms with Crippen molar-refractivity contribution < 1.29 is 9.59 Å². The number of aromatic amines is 1. The molecule has 3 aromatic heterocycles. The van der Waals surface area contributed by atoms with Gasteiger partial charge in [-0.2, -0.15) is 0 Å². The standard InChI is InChI=1S/C29H32ClN9O2/c1-39(2)12-6-11-25(40)35-20-14-32-27(33-15-20)28(41)36-18-7-5-8-19(13-18)37-29-34-17-23(30)26(38-29)22-16-31-24-10-4-3-9-21(22)24/h3-4,6,9-11,14-19,31H,5,7-8,12-13H2,1-2H3,(H,35,40)(H,36,41)(H,34,37,38)/b11-6+/t18-,19+/m0/s1. The molecule has 12 heteroatoms. The Labute approximate surface area is 242 Å². The van der Waals surface area contributed by atoms with E-state index in [1.54, 1.807) is 12.3 Å². The van der Waals surface area contributed by atoms with Gasteiger partial charge in [-0.1, -0.05) is 35.9 Å². The van der Waals surface area contributed by atoms with Crippen molar-refractivity contribution in [2.24, 2.45) is 0 Å². The number of nitrogens with zero attached hydrogens (tertiary/aromatic N) is 5. The quantitative estimate of drug-likeness (QED) is 0.217. The van der Waals surface area contributed by atoms with Crippen LogP contribution in [0.3, 0.4) is 0 Å². The summed E-state index contributed by atoms with van der Waals surface area (Å²) in [6, 6.07) is 8.01. The fraction of sp³-hybridized carbons (Fsp3) is 0.310. The van der Waals surface area contributed by atoms with Gasteiger partial charge in [-0.05, 0) is 45.8 Å². The predicted octanol–water partition coefficient (Wildman–Crippen LogP) is 4.28. The third-order valence-corrected chi connectivity index (χ3v) is 7.07. The van der Waals surface area contributed by atoms with E-state index >= 15 is 0 Å². The van der Waals surface area contributed by atoms with Gasteiger partial charge in [0.1, 0.15) is 0 Å². The molecule has 1 aromatic carbocycles. The number of carbonyl (C=O) groups excluding carboxylic acids is 2. The van der Waals surface area contributed by atoms with Crippen LogP contribution in [0, 0.1) is 0 Å². The van der Waals surface area contributed by atoms with Crippen molar-refractivity contribution in [3.05, 3.63) is 72.1 Å². The van der Waals surface area contributed by atoms with Gasteiger partial charge in [-0.25, -0.2) is 19.9 Å². The van der Waals surface area contributed by atoms with E-state index in [2.05, 4.69) is 35.9 Å². The SMILES string of the molecule is CN(C)C/C=C/C(=O)Nc1cnc(C(=O)N[C@H]2CCC[C@@H](Nc3ncc(Cl)c(-c4c[nH]c5ccccc45)n3)C2)nc1. The zero-order chi connectivity index (χ0) is 28.8. The van der Waals surface area contributed by atoms with Crippen molar-refractivity contribution in [2.75, 3.05) is 31.3 Å². The first-order valence-corrected chi connectivity index (χ1v) is 13.8. The fourth-order valence-corrected chi connectivity index (χ4v) is 5.03. The van der Waals surface area contributed by atoms with E-state index in [-0.39, 0.29) is 29.7 Å². The predicted molar refractivity (Wildman–Crippen MR) is 160 cm³/mol. The number of para-hydroxylation sites is 1. The monoisotopic (exact) mass is 573 g/mol. The van der Waals surface area contributed by atoms with Crippen molar-refractivity contribution in [3.63, 3.8) is 0 Å². The molecule has 4 aromatic rings. The van der Waals surface area contributed by atoms with Gasteiger partial charge in [0.25, 0.3) is 5.91 Å². The lowest BCUT2D eigenvalue weighted by Crippen LogP contribution is -2.42. The van der Waals surface area contributed by atoms with E-state index in [9.17, 15) is 9.59 Å². The largest absolute Gasteiger partial charge is 0.360 e. The van der Waals surface area contributed by atoms with Crippen LogP contribution in [0.1, 0.15) is 36.3 Å². The highest BCUT2D eigenvalue weighted by Gasteiger charge is 2.25. The Kier molecular flexibility index (Phi) is 8.85. The summed E-state index contributed by atoms with van der Waals surface area (Å²) in [7, 11) is 3.83. The zero-order valence-electron chi connectivity index (χ0n) is 22.9. The van der Waals surface area contributed by atoms with Crippen LogP contribution >= 0.6 is 11.6 Å². The number of aromatic nitrogens is 5. The smallest absolute Gasteiger partial charge is 0.289 e. The van der Waals surface area contributed by atoms with Gasteiger partial charge in [0.05, 0.1) is 35.0 Å². The van der Waals surface area contributed by atoms with Crippen LogP contribution in [-0.2, 0) is 4.79 Å². The molecular weight excluding hydrogens is 542 g/mol. The molecule has 4 N–H and O–H groups in total. The molecule has 11 nitrogen and oxygen atoms in total. The van der Waals surface area contributed by atoms with Crippen LogP contribution in [0.5, 0.6) is 0 Å². The number of amides is 2. The molecule has 0 saturated heterocycles. The molecule has 0 aliphatic heterocycles. The first kappa shape index (κ1) is 28.2.